The fraction of sp³-hybridized carbons (Fsp3) is 0.949. The van der Waals surface area contributed by atoms with Gasteiger partial charge in [0.15, 0.2) is 18.7 Å². The smallest absolute Gasteiger partial charge is 0.306 e. The minimum atomic E-state index is -1.76. The van der Waals surface area contributed by atoms with Crippen LogP contribution >= 0.6 is 0 Å². The number of ether oxygens (including phenoxy) is 6. The van der Waals surface area contributed by atoms with Crippen LogP contribution in [0.5, 0.6) is 0 Å². The zero-order valence-corrected chi connectivity index (χ0v) is 32.7. The molecule has 54 heavy (non-hydrogen) atoms. The number of carbonyl (C=O) groups excluding carboxylic acids is 2. The normalized spacial score (nSPS) is 29.2. The first-order chi connectivity index (χ1) is 26.0. The van der Waals surface area contributed by atoms with Crippen molar-refractivity contribution in [3.8, 4) is 0 Å². The topological polar surface area (TPSA) is 231 Å². The zero-order chi connectivity index (χ0) is 39.7. The van der Waals surface area contributed by atoms with Crippen LogP contribution in [0.15, 0.2) is 0 Å². The minimum Gasteiger partial charge on any atom is -0.462 e. The Morgan fingerprint density at radius 3 is 1.44 bits per heavy atom. The summed E-state index contributed by atoms with van der Waals surface area (Å²) in [4.78, 5) is 25.3. The molecule has 0 aromatic heterocycles. The molecular formula is C39H72O15. The number of aliphatic hydroxyl groups is 7. The summed E-state index contributed by atoms with van der Waals surface area (Å²) in [7, 11) is 0. The lowest BCUT2D eigenvalue weighted by atomic mass is 9.98. The van der Waals surface area contributed by atoms with Gasteiger partial charge in [-0.2, -0.15) is 0 Å². The van der Waals surface area contributed by atoms with Crippen molar-refractivity contribution in [2.75, 3.05) is 26.4 Å². The van der Waals surface area contributed by atoms with Crippen LogP contribution in [0.25, 0.3) is 0 Å². The predicted molar refractivity (Wildman–Crippen MR) is 197 cm³/mol. The number of hydrogen-bond acceptors (Lipinski definition) is 15. The first-order valence-corrected chi connectivity index (χ1v) is 20.6. The molecule has 0 radical (unpaired) electrons. The highest BCUT2D eigenvalue weighted by atomic mass is 16.7. The van der Waals surface area contributed by atoms with E-state index in [9.17, 15) is 45.3 Å². The van der Waals surface area contributed by atoms with Crippen LogP contribution in [0.3, 0.4) is 0 Å². The third kappa shape index (κ3) is 18.6. The van der Waals surface area contributed by atoms with Gasteiger partial charge in [0.1, 0.15) is 55.4 Å². The number of rotatable bonds is 30. The van der Waals surface area contributed by atoms with E-state index in [2.05, 4.69) is 13.8 Å². The Morgan fingerprint density at radius 2 is 0.944 bits per heavy atom. The van der Waals surface area contributed by atoms with E-state index in [-0.39, 0.29) is 26.1 Å². The van der Waals surface area contributed by atoms with Crippen LogP contribution in [-0.4, -0.2) is 142 Å². The van der Waals surface area contributed by atoms with E-state index in [4.69, 9.17) is 28.4 Å². The second-order valence-electron chi connectivity index (χ2n) is 14.8. The Kier molecular flexibility index (Phi) is 26.0. The molecule has 0 saturated carbocycles. The van der Waals surface area contributed by atoms with Gasteiger partial charge in [-0.25, -0.2) is 0 Å². The number of unbranched alkanes of at least 4 members (excludes halogenated alkanes) is 16. The van der Waals surface area contributed by atoms with E-state index < -0.39 is 92.7 Å². The van der Waals surface area contributed by atoms with Gasteiger partial charge in [0, 0.05) is 12.8 Å². The highest BCUT2D eigenvalue weighted by Gasteiger charge is 2.47. The summed E-state index contributed by atoms with van der Waals surface area (Å²) in [5.74, 6) is -0.931. The Hall–Kier alpha value is -1.50. The SMILES string of the molecule is CCCCCCCCCCCCCCC(=O)OC[C@H](CO[C@@H]1O[C@@H](CO[C@H]2O[C@@H](CO)[C@H](O)[C@H](O)[C@H]2O)[C@H](O)[C@H](O)[C@@H]1O)OC(=O)CCCCCCCC. The average Bonchev–Trinajstić information content (AvgIpc) is 3.16. The van der Waals surface area contributed by atoms with Gasteiger partial charge >= 0.3 is 11.9 Å². The monoisotopic (exact) mass is 780 g/mol. The lowest BCUT2D eigenvalue weighted by molar-refractivity contribution is -0.332. The summed E-state index contributed by atoms with van der Waals surface area (Å²) in [6, 6.07) is 0. The van der Waals surface area contributed by atoms with Crippen LogP contribution in [-0.2, 0) is 38.0 Å². The van der Waals surface area contributed by atoms with Crippen molar-refractivity contribution < 1.29 is 73.8 Å². The molecule has 2 heterocycles. The maximum absolute atomic E-state index is 12.7. The van der Waals surface area contributed by atoms with Crippen LogP contribution in [0, 0.1) is 0 Å². The van der Waals surface area contributed by atoms with E-state index in [0.29, 0.717) is 12.8 Å². The third-order valence-electron chi connectivity index (χ3n) is 10.1. The second-order valence-corrected chi connectivity index (χ2v) is 14.8. The lowest BCUT2D eigenvalue weighted by Gasteiger charge is -2.42. The van der Waals surface area contributed by atoms with Gasteiger partial charge < -0.3 is 64.2 Å². The van der Waals surface area contributed by atoms with Crippen LogP contribution in [0.4, 0.5) is 0 Å². The van der Waals surface area contributed by atoms with Crippen LogP contribution < -0.4 is 0 Å². The molecule has 2 fully saturated rings. The summed E-state index contributed by atoms with van der Waals surface area (Å²) in [5.41, 5.74) is 0. The molecule has 11 atom stereocenters. The van der Waals surface area contributed by atoms with Gasteiger partial charge in [0.25, 0.3) is 0 Å². The molecule has 2 rings (SSSR count). The van der Waals surface area contributed by atoms with Gasteiger partial charge in [0.2, 0.25) is 0 Å². The van der Waals surface area contributed by atoms with Gasteiger partial charge in [-0.1, -0.05) is 117 Å². The molecular weight excluding hydrogens is 708 g/mol. The average molecular weight is 781 g/mol. The molecule has 0 bridgehead atoms. The number of carbonyl (C=O) groups is 2. The summed E-state index contributed by atoms with van der Waals surface area (Å²) < 4.78 is 33.2. The molecule has 318 valence electrons. The summed E-state index contributed by atoms with van der Waals surface area (Å²) >= 11 is 0. The fourth-order valence-electron chi connectivity index (χ4n) is 6.57. The van der Waals surface area contributed by atoms with Gasteiger partial charge in [0.05, 0.1) is 19.8 Å². The summed E-state index contributed by atoms with van der Waals surface area (Å²) in [6.07, 6.45) is 3.46. The quantitative estimate of drug-likeness (QED) is 0.0411. The fourth-order valence-corrected chi connectivity index (χ4v) is 6.57. The minimum absolute atomic E-state index is 0.167. The molecule has 2 saturated heterocycles. The second kappa shape index (κ2) is 28.8. The van der Waals surface area contributed by atoms with Crippen molar-refractivity contribution in [3.63, 3.8) is 0 Å². The van der Waals surface area contributed by atoms with Crippen molar-refractivity contribution in [3.05, 3.63) is 0 Å². The maximum atomic E-state index is 12.7. The largest absolute Gasteiger partial charge is 0.462 e. The highest BCUT2D eigenvalue weighted by Crippen LogP contribution is 2.26. The maximum Gasteiger partial charge on any atom is 0.306 e. The highest BCUT2D eigenvalue weighted by molar-refractivity contribution is 5.70. The third-order valence-corrected chi connectivity index (χ3v) is 10.1. The molecule has 0 amide bonds. The number of esters is 2. The van der Waals surface area contributed by atoms with Crippen molar-refractivity contribution in [1.29, 1.82) is 0 Å². The molecule has 0 aromatic rings. The lowest BCUT2D eigenvalue weighted by Crippen LogP contribution is -2.61. The van der Waals surface area contributed by atoms with Crippen LogP contribution in [0.2, 0.25) is 0 Å². The molecule has 0 spiro atoms. The van der Waals surface area contributed by atoms with E-state index in [1.165, 1.54) is 51.4 Å². The van der Waals surface area contributed by atoms with Crippen molar-refractivity contribution >= 4 is 11.9 Å². The molecule has 0 aromatic carbocycles. The van der Waals surface area contributed by atoms with E-state index in [1.807, 2.05) is 0 Å². The predicted octanol–water partition coefficient (Wildman–Crippen LogP) is 2.92. The zero-order valence-electron chi connectivity index (χ0n) is 32.7. The number of hydrogen-bond donors (Lipinski definition) is 7. The van der Waals surface area contributed by atoms with E-state index >= 15 is 0 Å². The molecule has 2 aliphatic rings. The van der Waals surface area contributed by atoms with Crippen LogP contribution in [0.1, 0.15) is 142 Å². The Bertz CT molecular complexity index is 970. The van der Waals surface area contributed by atoms with Gasteiger partial charge in [-0.15, -0.1) is 0 Å². The van der Waals surface area contributed by atoms with E-state index in [0.717, 1.165) is 51.4 Å². The molecule has 0 unspecified atom stereocenters. The van der Waals surface area contributed by atoms with Gasteiger partial charge in [-0.05, 0) is 12.8 Å². The van der Waals surface area contributed by atoms with E-state index in [1.54, 1.807) is 0 Å². The van der Waals surface area contributed by atoms with Crippen molar-refractivity contribution in [1.82, 2.24) is 0 Å². The first-order valence-electron chi connectivity index (χ1n) is 20.6. The Balaban J connectivity index is 1.86. The van der Waals surface area contributed by atoms with Crippen molar-refractivity contribution in [2.24, 2.45) is 0 Å². The molecule has 7 N–H and O–H groups in total. The molecule has 2 aliphatic heterocycles. The summed E-state index contributed by atoms with van der Waals surface area (Å²) in [6.45, 7) is 2.48. The summed E-state index contributed by atoms with van der Waals surface area (Å²) in [5, 5.41) is 71.5. The van der Waals surface area contributed by atoms with Gasteiger partial charge in [-0.3, -0.25) is 9.59 Å². The molecule has 15 nitrogen and oxygen atoms in total. The Morgan fingerprint density at radius 1 is 0.519 bits per heavy atom. The van der Waals surface area contributed by atoms with Crippen molar-refractivity contribution in [2.45, 2.75) is 210 Å². The standard InChI is InChI=1S/C39H72O15/c1-3-5-7-9-11-12-13-14-15-16-18-19-21-30(41)49-24-27(52-31(42)22-20-17-10-8-6-4-2)25-50-38-37(48)35(46)33(44)29(54-38)26-51-39-36(47)34(45)32(43)28(23-40)53-39/h27-29,32-40,43-48H,3-26H2,1-2H3/t27-,28+,29+,32+,33+,34+,35+,36-,37+,38-,39+/m1/s1. The molecule has 15 heteroatoms. The Labute approximate surface area is 321 Å². The molecule has 0 aliphatic carbocycles. The number of aliphatic hydroxyl groups excluding tert-OH is 7. The first kappa shape index (κ1) is 48.6.